The van der Waals surface area contributed by atoms with E-state index in [4.69, 9.17) is 0 Å². The number of alkyl halides is 3. The monoisotopic (exact) mass is 277 g/mol. The molecule has 0 saturated carbocycles. The summed E-state index contributed by atoms with van der Waals surface area (Å²) in [7, 11) is 0. The molecule has 0 spiro atoms. The van der Waals surface area contributed by atoms with Crippen LogP contribution in [0.1, 0.15) is 12.0 Å². The lowest BCUT2D eigenvalue weighted by molar-refractivity contribution is -0.00288. The first kappa shape index (κ1) is 12.6. The summed E-state index contributed by atoms with van der Waals surface area (Å²) in [6.07, 6.45) is 0.852. The molecule has 1 rings (SSSR count). The largest absolute Gasteiger partial charge is 0.311 e. The molecule has 0 atom stereocenters. The van der Waals surface area contributed by atoms with Gasteiger partial charge in [0.1, 0.15) is 0 Å². The lowest BCUT2D eigenvalue weighted by atomic mass is 10.1. The summed E-state index contributed by atoms with van der Waals surface area (Å²) in [4.78, 5) is 0. The average molecular weight is 278 g/mol. The first-order chi connectivity index (χ1) is 7.17. The maximum Gasteiger partial charge on any atom is 0.285 e. The summed E-state index contributed by atoms with van der Waals surface area (Å²) in [6.45, 7) is 0.303. The summed E-state index contributed by atoms with van der Waals surface area (Å²) in [5, 5.41) is 3.58. The second-order valence-corrected chi connectivity index (χ2v) is 4.08. The van der Waals surface area contributed by atoms with Gasteiger partial charge in [0.25, 0.3) is 5.92 Å². The van der Waals surface area contributed by atoms with Crippen molar-refractivity contribution in [3.8, 4) is 0 Å². The Kier molecular flexibility index (Phi) is 5.19. The van der Waals surface area contributed by atoms with Gasteiger partial charge in [-0.15, -0.1) is 0 Å². The Hall–Kier alpha value is -0.480. The van der Waals surface area contributed by atoms with Crippen molar-refractivity contribution >= 4 is 15.9 Å². The van der Waals surface area contributed by atoms with Crippen molar-refractivity contribution in [3.05, 3.63) is 35.9 Å². The molecule has 0 unspecified atom stereocenters. The molecule has 4 heteroatoms. The Balaban J connectivity index is 2.45. The second-order valence-electron chi connectivity index (χ2n) is 3.29. The molecule has 1 N–H and O–H groups in total. The summed E-state index contributed by atoms with van der Waals surface area (Å²) >= 11 is 3.25. The van der Waals surface area contributed by atoms with Gasteiger partial charge in [-0.2, -0.15) is 8.78 Å². The van der Waals surface area contributed by atoms with E-state index in [-0.39, 0.29) is 12.1 Å². The SMILES string of the molecule is FC(F)(CNCCCBr)c1ccccc1. The topological polar surface area (TPSA) is 12.0 Å². The van der Waals surface area contributed by atoms with Gasteiger partial charge in [-0.3, -0.25) is 0 Å². The molecule has 1 aromatic carbocycles. The molecule has 0 aliphatic heterocycles. The van der Waals surface area contributed by atoms with Crippen LogP contribution in [0.5, 0.6) is 0 Å². The molecular weight excluding hydrogens is 264 g/mol. The predicted molar refractivity (Wildman–Crippen MR) is 61.6 cm³/mol. The van der Waals surface area contributed by atoms with Crippen molar-refractivity contribution in [1.29, 1.82) is 0 Å². The maximum atomic E-state index is 13.5. The fourth-order valence-electron chi connectivity index (χ4n) is 1.22. The minimum Gasteiger partial charge on any atom is -0.311 e. The number of rotatable bonds is 6. The Morgan fingerprint density at radius 1 is 1.20 bits per heavy atom. The molecule has 0 aromatic heterocycles. The van der Waals surface area contributed by atoms with Gasteiger partial charge in [-0.1, -0.05) is 46.3 Å². The third kappa shape index (κ3) is 4.26. The molecular formula is C11H14BrF2N. The zero-order valence-corrected chi connectivity index (χ0v) is 9.94. The summed E-state index contributed by atoms with van der Waals surface area (Å²) in [5.41, 5.74) is 0.0661. The number of hydrogen-bond acceptors (Lipinski definition) is 1. The smallest absolute Gasteiger partial charge is 0.285 e. The normalized spacial score (nSPS) is 11.7. The van der Waals surface area contributed by atoms with E-state index in [1.54, 1.807) is 18.2 Å². The van der Waals surface area contributed by atoms with Crippen molar-refractivity contribution < 1.29 is 8.78 Å². The van der Waals surface area contributed by atoms with Gasteiger partial charge in [0.05, 0.1) is 6.54 Å². The fourth-order valence-corrected chi connectivity index (χ4v) is 1.50. The van der Waals surface area contributed by atoms with Crippen LogP contribution in [0.4, 0.5) is 8.78 Å². The minimum absolute atomic E-state index is 0.0661. The van der Waals surface area contributed by atoms with Crippen molar-refractivity contribution in [3.63, 3.8) is 0 Å². The maximum absolute atomic E-state index is 13.5. The van der Waals surface area contributed by atoms with Gasteiger partial charge in [-0.25, -0.2) is 0 Å². The second kappa shape index (κ2) is 6.18. The van der Waals surface area contributed by atoms with E-state index in [9.17, 15) is 8.78 Å². The van der Waals surface area contributed by atoms with Crippen LogP contribution >= 0.6 is 15.9 Å². The Labute approximate surface area is 97.0 Å². The number of benzene rings is 1. The van der Waals surface area contributed by atoms with Gasteiger partial charge in [0.15, 0.2) is 0 Å². The zero-order valence-electron chi connectivity index (χ0n) is 8.35. The molecule has 0 aliphatic rings. The summed E-state index contributed by atoms with van der Waals surface area (Å²) in [5.74, 6) is -2.78. The van der Waals surface area contributed by atoms with Crippen LogP contribution in [0.3, 0.4) is 0 Å². The van der Waals surface area contributed by atoms with E-state index in [1.807, 2.05) is 0 Å². The Morgan fingerprint density at radius 2 is 1.87 bits per heavy atom. The highest BCUT2D eigenvalue weighted by Gasteiger charge is 2.30. The van der Waals surface area contributed by atoms with Crippen molar-refractivity contribution in [2.45, 2.75) is 12.3 Å². The highest BCUT2D eigenvalue weighted by atomic mass is 79.9. The third-order valence-electron chi connectivity index (χ3n) is 2.03. The van der Waals surface area contributed by atoms with Gasteiger partial charge < -0.3 is 5.32 Å². The molecule has 84 valence electrons. The van der Waals surface area contributed by atoms with Crippen LogP contribution in [0.25, 0.3) is 0 Å². The lowest BCUT2D eigenvalue weighted by Gasteiger charge is -2.17. The quantitative estimate of drug-likeness (QED) is 0.622. The highest BCUT2D eigenvalue weighted by molar-refractivity contribution is 9.09. The fraction of sp³-hybridized carbons (Fsp3) is 0.455. The van der Waals surface area contributed by atoms with E-state index < -0.39 is 5.92 Å². The van der Waals surface area contributed by atoms with Crippen molar-refractivity contribution in [2.75, 3.05) is 18.4 Å². The van der Waals surface area contributed by atoms with Crippen molar-refractivity contribution in [2.24, 2.45) is 0 Å². The van der Waals surface area contributed by atoms with Gasteiger partial charge in [0, 0.05) is 10.9 Å². The molecule has 0 bridgehead atoms. The Bertz CT molecular complexity index is 277. The van der Waals surface area contributed by atoms with E-state index in [0.717, 1.165) is 11.8 Å². The molecule has 0 amide bonds. The van der Waals surface area contributed by atoms with Crippen LogP contribution in [-0.2, 0) is 5.92 Å². The van der Waals surface area contributed by atoms with Crippen LogP contribution in [0.2, 0.25) is 0 Å². The molecule has 0 heterocycles. The molecule has 0 aliphatic carbocycles. The van der Waals surface area contributed by atoms with Crippen LogP contribution in [-0.4, -0.2) is 18.4 Å². The number of hydrogen-bond donors (Lipinski definition) is 1. The van der Waals surface area contributed by atoms with Gasteiger partial charge in [-0.05, 0) is 13.0 Å². The van der Waals surface area contributed by atoms with Crippen LogP contribution < -0.4 is 5.32 Å². The first-order valence-corrected chi connectivity index (χ1v) is 5.99. The van der Waals surface area contributed by atoms with Gasteiger partial charge >= 0.3 is 0 Å². The molecule has 1 nitrogen and oxygen atoms in total. The molecule has 0 saturated heterocycles. The molecule has 1 aromatic rings. The van der Waals surface area contributed by atoms with E-state index in [0.29, 0.717) is 6.54 Å². The van der Waals surface area contributed by atoms with E-state index in [2.05, 4.69) is 21.2 Å². The van der Waals surface area contributed by atoms with Crippen LogP contribution in [0.15, 0.2) is 30.3 Å². The van der Waals surface area contributed by atoms with E-state index in [1.165, 1.54) is 12.1 Å². The van der Waals surface area contributed by atoms with Crippen molar-refractivity contribution in [1.82, 2.24) is 5.32 Å². The van der Waals surface area contributed by atoms with Crippen LogP contribution in [0, 0.1) is 0 Å². The Morgan fingerprint density at radius 3 is 2.47 bits per heavy atom. The summed E-state index contributed by atoms with van der Waals surface area (Å²) in [6, 6.07) is 7.89. The zero-order chi connectivity index (χ0) is 11.1. The molecule has 0 fully saturated rings. The third-order valence-corrected chi connectivity index (χ3v) is 2.59. The van der Waals surface area contributed by atoms with Gasteiger partial charge in [0.2, 0.25) is 0 Å². The van der Waals surface area contributed by atoms with E-state index >= 15 is 0 Å². The minimum atomic E-state index is -2.78. The number of halogens is 3. The summed E-state index contributed by atoms with van der Waals surface area (Å²) < 4.78 is 27.0. The standard InChI is InChI=1S/C11H14BrF2N/c12-7-4-8-15-9-11(13,14)10-5-2-1-3-6-10/h1-3,5-6,15H,4,7-9H2. The first-order valence-electron chi connectivity index (χ1n) is 4.87. The number of nitrogens with one attached hydrogen (secondary N) is 1. The average Bonchev–Trinajstić information content (AvgIpc) is 2.26. The molecule has 15 heavy (non-hydrogen) atoms. The highest BCUT2D eigenvalue weighted by Crippen LogP contribution is 2.26. The molecule has 0 radical (unpaired) electrons. The predicted octanol–water partition coefficient (Wildman–Crippen LogP) is 3.15. The lowest BCUT2D eigenvalue weighted by Crippen LogP contribution is -2.31.